The fraction of sp³-hybridized carbons (Fsp3) is 0.280. The van der Waals surface area contributed by atoms with E-state index in [1.54, 1.807) is 42.3 Å². The molecule has 0 N–H and O–H groups in total. The Morgan fingerprint density at radius 1 is 1.00 bits per heavy atom. The van der Waals surface area contributed by atoms with Crippen LogP contribution in [0.4, 0.5) is 0 Å². The minimum Gasteiger partial charge on any atom is -0.493 e. The van der Waals surface area contributed by atoms with E-state index in [0.717, 1.165) is 34.9 Å². The lowest BCUT2D eigenvalue weighted by Crippen LogP contribution is -2.16. The van der Waals surface area contributed by atoms with Crippen LogP contribution in [-0.4, -0.2) is 35.6 Å². The largest absolute Gasteiger partial charge is 0.493 e. The summed E-state index contributed by atoms with van der Waals surface area (Å²) in [4.78, 5) is 13.1. The van der Waals surface area contributed by atoms with Crippen molar-refractivity contribution >= 4 is 20.6 Å². The molecule has 7 nitrogen and oxygen atoms in total. The number of nitrogens with zero attached hydrogens (tertiary/aromatic N) is 3. The maximum Gasteiger partial charge on any atom is 0.258 e. The Hall–Kier alpha value is -3.39. The number of pyridine rings is 1. The summed E-state index contributed by atoms with van der Waals surface area (Å²) in [6.07, 6.45) is 8.92. The van der Waals surface area contributed by atoms with Crippen molar-refractivity contribution in [2.75, 3.05) is 12.9 Å². The van der Waals surface area contributed by atoms with Crippen molar-refractivity contribution in [1.29, 1.82) is 0 Å². The number of benzene rings is 2. The van der Waals surface area contributed by atoms with E-state index in [1.165, 1.54) is 10.8 Å². The van der Waals surface area contributed by atoms with Crippen molar-refractivity contribution in [3.8, 4) is 28.0 Å². The van der Waals surface area contributed by atoms with Gasteiger partial charge in [0.25, 0.3) is 5.56 Å². The Balaban J connectivity index is 1.77. The molecule has 0 atom stereocenters. The zero-order valence-corrected chi connectivity index (χ0v) is 19.6. The molecule has 0 spiro atoms. The SMILES string of the molecule is Cn1cc(-c2ccc3c(=O)n(C)cc(-c4cc(S(C)(=O)=O)ccc4OCC4CC4)c3c2)cn1. The molecule has 0 radical (unpaired) electrons. The topological polar surface area (TPSA) is 83.2 Å². The third-order valence-corrected chi connectivity index (χ3v) is 7.17. The van der Waals surface area contributed by atoms with E-state index in [0.29, 0.717) is 29.2 Å². The third-order valence-electron chi connectivity index (χ3n) is 6.06. The normalized spacial score (nSPS) is 14.0. The average molecular weight is 464 g/mol. The number of aromatic nitrogens is 3. The zero-order chi connectivity index (χ0) is 23.3. The minimum atomic E-state index is -3.42. The van der Waals surface area contributed by atoms with Gasteiger partial charge in [-0.15, -0.1) is 0 Å². The summed E-state index contributed by atoms with van der Waals surface area (Å²) in [6.45, 7) is 0.593. The summed E-state index contributed by atoms with van der Waals surface area (Å²) in [6, 6.07) is 10.6. The van der Waals surface area contributed by atoms with E-state index in [9.17, 15) is 13.2 Å². The number of sulfone groups is 1. The van der Waals surface area contributed by atoms with Crippen LogP contribution in [0.15, 0.2) is 64.7 Å². The number of hydrogen-bond acceptors (Lipinski definition) is 5. The van der Waals surface area contributed by atoms with Gasteiger partial charge in [-0.3, -0.25) is 9.48 Å². The Bertz CT molecular complexity index is 1550. The molecule has 33 heavy (non-hydrogen) atoms. The number of rotatable bonds is 6. The van der Waals surface area contributed by atoms with Crippen molar-refractivity contribution in [3.05, 3.63) is 65.3 Å². The van der Waals surface area contributed by atoms with E-state index >= 15 is 0 Å². The Kier molecular flexibility index (Phi) is 5.12. The quantitative estimate of drug-likeness (QED) is 0.434. The molecule has 170 valence electrons. The monoisotopic (exact) mass is 463 g/mol. The molecule has 2 heterocycles. The van der Waals surface area contributed by atoms with Gasteiger partial charge in [-0.1, -0.05) is 6.07 Å². The molecule has 1 aliphatic rings. The summed E-state index contributed by atoms with van der Waals surface area (Å²) < 4.78 is 34.0. The molecule has 1 saturated carbocycles. The summed E-state index contributed by atoms with van der Waals surface area (Å²) in [7, 11) is 0.129. The van der Waals surface area contributed by atoms with E-state index in [-0.39, 0.29) is 10.5 Å². The second-order valence-electron chi connectivity index (χ2n) is 8.81. The molecule has 2 aromatic heterocycles. The lowest BCUT2D eigenvalue weighted by Gasteiger charge is -2.16. The molecule has 0 saturated heterocycles. The smallest absolute Gasteiger partial charge is 0.258 e. The number of ether oxygens (including phenoxy) is 1. The summed E-state index contributed by atoms with van der Waals surface area (Å²) in [5, 5.41) is 5.54. The highest BCUT2D eigenvalue weighted by molar-refractivity contribution is 7.90. The molecule has 4 aromatic rings. The highest BCUT2D eigenvalue weighted by atomic mass is 32.2. The molecule has 1 fully saturated rings. The van der Waals surface area contributed by atoms with E-state index in [1.807, 2.05) is 31.4 Å². The number of fused-ring (bicyclic) bond motifs is 1. The van der Waals surface area contributed by atoms with Crippen LogP contribution in [-0.2, 0) is 23.9 Å². The first-order chi connectivity index (χ1) is 15.7. The van der Waals surface area contributed by atoms with Gasteiger partial charge < -0.3 is 9.30 Å². The third kappa shape index (κ3) is 4.18. The standard InChI is InChI=1S/C25H25N3O4S/c1-27-14-23(21-10-17(6-8-20(21)25(27)29)18-12-26-28(2)13-18)22-11-19(33(3,30)31)7-9-24(22)32-15-16-4-5-16/h6-14,16H,4-5,15H2,1-3H3. The van der Waals surface area contributed by atoms with Crippen molar-refractivity contribution in [3.63, 3.8) is 0 Å². The predicted molar refractivity (Wildman–Crippen MR) is 128 cm³/mol. The molecule has 0 unspecified atom stereocenters. The molecule has 2 aromatic carbocycles. The molecule has 0 aliphatic heterocycles. The van der Waals surface area contributed by atoms with E-state index < -0.39 is 9.84 Å². The van der Waals surface area contributed by atoms with Crippen LogP contribution in [0.25, 0.3) is 33.0 Å². The molecular formula is C25H25N3O4S. The molecule has 5 rings (SSSR count). The molecular weight excluding hydrogens is 438 g/mol. The van der Waals surface area contributed by atoms with Crippen LogP contribution >= 0.6 is 0 Å². The van der Waals surface area contributed by atoms with Gasteiger partial charge in [-0.25, -0.2) is 8.42 Å². The van der Waals surface area contributed by atoms with Gasteiger partial charge in [-0.2, -0.15) is 5.10 Å². The molecule has 1 aliphatic carbocycles. The second kappa shape index (κ2) is 7.88. The van der Waals surface area contributed by atoms with Crippen LogP contribution in [0, 0.1) is 5.92 Å². The van der Waals surface area contributed by atoms with Crippen LogP contribution in [0.3, 0.4) is 0 Å². The summed E-state index contributed by atoms with van der Waals surface area (Å²) in [5.41, 5.74) is 3.13. The summed E-state index contributed by atoms with van der Waals surface area (Å²) >= 11 is 0. The Morgan fingerprint density at radius 3 is 2.45 bits per heavy atom. The fourth-order valence-electron chi connectivity index (χ4n) is 4.00. The first-order valence-corrected chi connectivity index (χ1v) is 12.7. The van der Waals surface area contributed by atoms with Gasteiger partial charge >= 0.3 is 0 Å². The maximum absolute atomic E-state index is 12.9. The number of hydrogen-bond donors (Lipinski definition) is 0. The van der Waals surface area contributed by atoms with Crippen LogP contribution < -0.4 is 10.3 Å². The van der Waals surface area contributed by atoms with Gasteiger partial charge in [-0.05, 0) is 60.0 Å². The van der Waals surface area contributed by atoms with Gasteiger partial charge in [0.1, 0.15) is 5.75 Å². The minimum absolute atomic E-state index is 0.119. The highest BCUT2D eigenvalue weighted by Gasteiger charge is 2.24. The van der Waals surface area contributed by atoms with Crippen LogP contribution in [0.1, 0.15) is 12.8 Å². The van der Waals surface area contributed by atoms with Crippen LogP contribution in [0.2, 0.25) is 0 Å². The van der Waals surface area contributed by atoms with E-state index in [2.05, 4.69) is 5.10 Å². The van der Waals surface area contributed by atoms with Gasteiger partial charge in [0.05, 0.1) is 17.7 Å². The van der Waals surface area contributed by atoms with Crippen molar-refractivity contribution < 1.29 is 13.2 Å². The average Bonchev–Trinajstić information content (AvgIpc) is 3.52. The first-order valence-electron chi connectivity index (χ1n) is 10.8. The number of aryl methyl sites for hydroxylation is 2. The maximum atomic E-state index is 12.9. The van der Waals surface area contributed by atoms with Gasteiger partial charge in [0.15, 0.2) is 9.84 Å². The Morgan fingerprint density at radius 2 is 1.79 bits per heavy atom. The second-order valence-corrected chi connectivity index (χ2v) is 10.8. The molecule has 0 amide bonds. The summed E-state index contributed by atoms with van der Waals surface area (Å²) in [5.74, 6) is 1.16. The van der Waals surface area contributed by atoms with E-state index in [4.69, 9.17) is 4.74 Å². The Labute approximate surface area is 192 Å². The molecule has 8 heteroatoms. The van der Waals surface area contributed by atoms with Crippen molar-refractivity contribution in [2.24, 2.45) is 20.0 Å². The van der Waals surface area contributed by atoms with Crippen molar-refractivity contribution in [1.82, 2.24) is 14.3 Å². The fourth-order valence-corrected chi connectivity index (χ4v) is 4.65. The predicted octanol–water partition coefficient (Wildman–Crippen LogP) is 3.80. The zero-order valence-electron chi connectivity index (χ0n) is 18.8. The van der Waals surface area contributed by atoms with Gasteiger partial charge in [0, 0.05) is 54.8 Å². The van der Waals surface area contributed by atoms with Crippen molar-refractivity contribution in [2.45, 2.75) is 17.7 Å². The van der Waals surface area contributed by atoms with Gasteiger partial charge in [0.2, 0.25) is 0 Å². The molecule has 0 bridgehead atoms. The first kappa shape index (κ1) is 21.5. The lowest BCUT2D eigenvalue weighted by molar-refractivity contribution is 0.301. The highest BCUT2D eigenvalue weighted by Crippen LogP contribution is 2.38. The lowest BCUT2D eigenvalue weighted by atomic mass is 9.97. The van der Waals surface area contributed by atoms with Crippen LogP contribution in [0.5, 0.6) is 5.75 Å².